The van der Waals surface area contributed by atoms with E-state index in [1.807, 2.05) is 18.0 Å². The second-order valence-electron chi connectivity index (χ2n) is 6.95. The average Bonchev–Trinajstić information content (AvgIpc) is 3.12. The average molecular weight is 304 g/mol. The van der Waals surface area contributed by atoms with Gasteiger partial charge in [-0.15, -0.1) is 0 Å². The third-order valence-electron chi connectivity index (χ3n) is 5.03. The predicted molar refractivity (Wildman–Crippen MR) is 82.5 cm³/mol. The molecule has 3 heterocycles. The molecule has 0 aromatic carbocycles. The highest BCUT2D eigenvalue weighted by Crippen LogP contribution is 2.40. The smallest absolute Gasteiger partial charge is 0.274 e. The van der Waals surface area contributed by atoms with E-state index in [9.17, 15) is 9.59 Å². The van der Waals surface area contributed by atoms with Crippen LogP contribution in [-0.4, -0.2) is 58.5 Å². The summed E-state index contributed by atoms with van der Waals surface area (Å²) in [4.78, 5) is 28.7. The number of hydrogen-bond donors (Lipinski definition) is 1. The number of nitrogens with one attached hydrogen (secondary N) is 1. The van der Waals surface area contributed by atoms with Gasteiger partial charge in [0.2, 0.25) is 5.91 Å². The highest BCUT2D eigenvalue weighted by Gasteiger charge is 2.48. The van der Waals surface area contributed by atoms with Crippen LogP contribution < -0.4 is 0 Å². The van der Waals surface area contributed by atoms with Gasteiger partial charge in [-0.3, -0.25) is 14.7 Å². The van der Waals surface area contributed by atoms with Gasteiger partial charge < -0.3 is 9.80 Å². The van der Waals surface area contributed by atoms with Crippen molar-refractivity contribution in [3.8, 4) is 0 Å². The summed E-state index contributed by atoms with van der Waals surface area (Å²) in [6, 6.07) is 1.83. The molecule has 1 aromatic heterocycles. The second-order valence-corrected chi connectivity index (χ2v) is 6.95. The van der Waals surface area contributed by atoms with Gasteiger partial charge in [0.15, 0.2) is 0 Å². The van der Waals surface area contributed by atoms with Crippen molar-refractivity contribution in [2.24, 2.45) is 5.41 Å². The summed E-state index contributed by atoms with van der Waals surface area (Å²) in [5, 5.41) is 7.06. The van der Waals surface area contributed by atoms with Gasteiger partial charge in [0, 0.05) is 32.4 Å². The van der Waals surface area contributed by atoms with Gasteiger partial charge in [-0.2, -0.15) is 5.10 Å². The van der Waals surface area contributed by atoms with E-state index in [4.69, 9.17) is 0 Å². The summed E-state index contributed by atoms with van der Waals surface area (Å²) in [6.07, 6.45) is 2.67. The molecule has 2 aliphatic rings. The Morgan fingerprint density at radius 2 is 2.14 bits per heavy atom. The van der Waals surface area contributed by atoms with Crippen LogP contribution in [0.3, 0.4) is 0 Å². The molecule has 2 amide bonds. The molecule has 6 nitrogen and oxygen atoms in total. The fourth-order valence-corrected chi connectivity index (χ4v) is 3.60. The molecule has 3 rings (SSSR count). The van der Waals surface area contributed by atoms with E-state index in [1.165, 1.54) is 0 Å². The van der Waals surface area contributed by atoms with Gasteiger partial charge in [0.05, 0.1) is 5.41 Å². The summed E-state index contributed by atoms with van der Waals surface area (Å²) in [5.41, 5.74) is 1.06. The zero-order valence-electron chi connectivity index (χ0n) is 13.6. The Morgan fingerprint density at radius 3 is 2.82 bits per heavy atom. The van der Waals surface area contributed by atoms with Gasteiger partial charge in [0.1, 0.15) is 5.69 Å². The maximum atomic E-state index is 12.6. The van der Waals surface area contributed by atoms with E-state index in [-0.39, 0.29) is 17.2 Å². The molecule has 0 bridgehead atoms. The second kappa shape index (κ2) is 5.41. The van der Waals surface area contributed by atoms with Gasteiger partial charge >= 0.3 is 0 Å². The number of H-pyrrole nitrogens is 1. The largest absolute Gasteiger partial charge is 0.345 e. The lowest BCUT2D eigenvalue weighted by atomic mass is 9.78. The molecule has 1 atom stereocenters. The summed E-state index contributed by atoms with van der Waals surface area (Å²) in [6.45, 7) is 6.11. The number of rotatable bonds is 2. The van der Waals surface area contributed by atoms with Crippen molar-refractivity contribution < 1.29 is 9.59 Å². The molecular weight excluding hydrogens is 280 g/mol. The molecule has 0 saturated carbocycles. The maximum Gasteiger partial charge on any atom is 0.274 e. The number of amides is 2. The Labute approximate surface area is 130 Å². The molecule has 1 aromatic rings. The molecule has 2 saturated heterocycles. The summed E-state index contributed by atoms with van der Waals surface area (Å²) >= 11 is 0. The van der Waals surface area contributed by atoms with Crippen LogP contribution in [0.25, 0.3) is 0 Å². The molecule has 0 aliphatic carbocycles. The molecule has 0 unspecified atom stereocenters. The topological polar surface area (TPSA) is 69.3 Å². The third-order valence-corrected chi connectivity index (χ3v) is 5.03. The lowest BCUT2D eigenvalue weighted by Crippen LogP contribution is -2.48. The van der Waals surface area contributed by atoms with Gasteiger partial charge in [-0.1, -0.05) is 13.8 Å². The van der Waals surface area contributed by atoms with E-state index >= 15 is 0 Å². The highest BCUT2D eigenvalue weighted by molar-refractivity contribution is 5.94. The van der Waals surface area contributed by atoms with Crippen molar-refractivity contribution in [3.63, 3.8) is 0 Å². The van der Waals surface area contributed by atoms with Crippen molar-refractivity contribution in [1.29, 1.82) is 0 Å². The highest BCUT2D eigenvalue weighted by atomic mass is 16.2. The molecule has 6 heteroatoms. The molecule has 1 spiro atoms. The number of piperidine rings is 1. The van der Waals surface area contributed by atoms with Crippen molar-refractivity contribution in [2.45, 2.75) is 39.0 Å². The Kier molecular flexibility index (Phi) is 3.70. The summed E-state index contributed by atoms with van der Waals surface area (Å²) in [7, 11) is 1.86. The maximum absolute atomic E-state index is 12.6. The monoisotopic (exact) mass is 304 g/mol. The van der Waals surface area contributed by atoms with Crippen molar-refractivity contribution >= 4 is 11.8 Å². The van der Waals surface area contributed by atoms with Crippen LogP contribution in [0, 0.1) is 5.41 Å². The van der Waals surface area contributed by atoms with Gasteiger partial charge in [0.25, 0.3) is 5.91 Å². The molecular formula is C16H24N4O2. The number of aromatic amines is 1. The molecule has 0 radical (unpaired) electrons. The van der Waals surface area contributed by atoms with E-state index in [0.717, 1.165) is 31.5 Å². The van der Waals surface area contributed by atoms with Crippen molar-refractivity contribution in [3.05, 3.63) is 17.5 Å². The normalized spacial score (nSPS) is 25.5. The van der Waals surface area contributed by atoms with E-state index in [0.29, 0.717) is 24.7 Å². The molecule has 1 N–H and O–H groups in total. The Morgan fingerprint density at radius 1 is 1.36 bits per heavy atom. The molecule has 2 aliphatic heterocycles. The van der Waals surface area contributed by atoms with Crippen LogP contribution in [0.1, 0.15) is 55.2 Å². The number of carbonyl (C=O) groups excluding carboxylic acids is 2. The number of nitrogens with zero attached hydrogens (tertiary/aromatic N) is 3. The first-order valence-corrected chi connectivity index (χ1v) is 8.03. The Hall–Kier alpha value is -1.85. The molecule has 2 fully saturated rings. The van der Waals surface area contributed by atoms with Crippen LogP contribution in [0.15, 0.2) is 6.07 Å². The standard InChI is InChI=1S/C16H24N4O2/c1-11(2)12-9-13(18-17-12)14(21)20-8-6-16(10-20)5-4-7-19(3)15(16)22/h9,11H,4-8,10H2,1-3H3,(H,17,18)/t16-/m0/s1. The fourth-order valence-electron chi connectivity index (χ4n) is 3.60. The third kappa shape index (κ3) is 2.40. The Balaban J connectivity index is 1.74. The number of hydrogen-bond acceptors (Lipinski definition) is 3. The number of carbonyl (C=O) groups is 2. The zero-order chi connectivity index (χ0) is 15.9. The quantitative estimate of drug-likeness (QED) is 0.902. The van der Waals surface area contributed by atoms with Crippen LogP contribution in [0.4, 0.5) is 0 Å². The summed E-state index contributed by atoms with van der Waals surface area (Å²) < 4.78 is 0. The zero-order valence-corrected chi connectivity index (χ0v) is 13.6. The predicted octanol–water partition coefficient (Wildman–Crippen LogP) is 1.62. The van der Waals surface area contributed by atoms with E-state index in [1.54, 1.807) is 4.90 Å². The fraction of sp³-hybridized carbons (Fsp3) is 0.688. The first-order chi connectivity index (χ1) is 10.4. The number of likely N-dealkylation sites (tertiary alicyclic amines) is 2. The number of aromatic nitrogens is 2. The minimum absolute atomic E-state index is 0.0685. The van der Waals surface area contributed by atoms with Crippen molar-refractivity contribution in [1.82, 2.24) is 20.0 Å². The van der Waals surface area contributed by atoms with E-state index in [2.05, 4.69) is 24.0 Å². The van der Waals surface area contributed by atoms with E-state index < -0.39 is 0 Å². The van der Waals surface area contributed by atoms with Gasteiger partial charge in [-0.25, -0.2) is 0 Å². The lowest BCUT2D eigenvalue weighted by Gasteiger charge is -2.37. The van der Waals surface area contributed by atoms with Crippen LogP contribution >= 0.6 is 0 Å². The minimum atomic E-state index is -0.361. The molecule has 22 heavy (non-hydrogen) atoms. The SMILES string of the molecule is CC(C)c1cc(C(=O)N2CC[C@@]3(CCCN(C)C3=O)C2)n[nH]1. The van der Waals surface area contributed by atoms with Crippen LogP contribution in [-0.2, 0) is 4.79 Å². The Bertz CT molecular complexity index is 595. The van der Waals surface area contributed by atoms with Crippen molar-refractivity contribution in [2.75, 3.05) is 26.7 Å². The minimum Gasteiger partial charge on any atom is -0.345 e. The van der Waals surface area contributed by atoms with Crippen LogP contribution in [0.2, 0.25) is 0 Å². The molecule has 120 valence electrons. The first kappa shape index (κ1) is 15.1. The van der Waals surface area contributed by atoms with Crippen LogP contribution in [0.5, 0.6) is 0 Å². The summed E-state index contributed by atoms with van der Waals surface area (Å²) in [5.74, 6) is 0.438. The first-order valence-electron chi connectivity index (χ1n) is 8.03. The lowest BCUT2D eigenvalue weighted by molar-refractivity contribution is -0.143. The van der Waals surface area contributed by atoms with Gasteiger partial charge in [-0.05, 0) is 31.2 Å².